The molecule has 0 bridgehead atoms. The Morgan fingerprint density at radius 1 is 1.27 bits per heavy atom. The highest BCUT2D eigenvalue weighted by molar-refractivity contribution is 5.96. The first-order chi connectivity index (χ1) is 12.6. The molecule has 0 amide bonds. The second-order valence-electron chi connectivity index (χ2n) is 6.10. The fourth-order valence-corrected chi connectivity index (χ4v) is 2.87. The molecule has 3 rings (SSSR count). The van der Waals surface area contributed by atoms with Crippen molar-refractivity contribution in [1.82, 2.24) is 0 Å². The van der Waals surface area contributed by atoms with Crippen LogP contribution in [0, 0.1) is 5.82 Å². The van der Waals surface area contributed by atoms with Gasteiger partial charge in [0, 0.05) is 31.1 Å². The van der Waals surface area contributed by atoms with Gasteiger partial charge in [0.2, 0.25) is 0 Å². The number of benzene rings is 1. The van der Waals surface area contributed by atoms with Crippen LogP contribution >= 0.6 is 0 Å². The maximum absolute atomic E-state index is 13.5. The first-order valence-electron chi connectivity index (χ1n) is 8.39. The van der Waals surface area contributed by atoms with E-state index in [4.69, 9.17) is 14.2 Å². The lowest BCUT2D eigenvalue weighted by Gasteiger charge is -2.24. The average Bonchev–Trinajstić information content (AvgIpc) is 3.18. The maximum atomic E-state index is 13.5. The van der Waals surface area contributed by atoms with Crippen molar-refractivity contribution in [3.63, 3.8) is 0 Å². The molecule has 26 heavy (non-hydrogen) atoms. The van der Waals surface area contributed by atoms with Gasteiger partial charge in [-0.1, -0.05) is 6.07 Å². The molecule has 0 aliphatic carbocycles. The van der Waals surface area contributed by atoms with Gasteiger partial charge in [-0.15, -0.1) is 0 Å². The molecular formula is C19H20FNO5. The van der Waals surface area contributed by atoms with Crippen molar-refractivity contribution >= 4 is 17.6 Å². The number of nitrogens with zero attached hydrogens (tertiary/aromatic N) is 1. The van der Waals surface area contributed by atoms with Crippen molar-refractivity contribution in [2.24, 2.45) is 0 Å². The first kappa shape index (κ1) is 18.1. The zero-order valence-electron chi connectivity index (χ0n) is 14.4. The quantitative estimate of drug-likeness (QED) is 0.752. The summed E-state index contributed by atoms with van der Waals surface area (Å²) < 4.78 is 29.0. The van der Waals surface area contributed by atoms with E-state index in [1.54, 1.807) is 18.3 Å². The number of rotatable bonds is 5. The molecule has 1 saturated heterocycles. The fourth-order valence-electron chi connectivity index (χ4n) is 2.87. The summed E-state index contributed by atoms with van der Waals surface area (Å²) in [7, 11) is 1.27. The van der Waals surface area contributed by atoms with Gasteiger partial charge in [-0.2, -0.15) is 0 Å². The van der Waals surface area contributed by atoms with E-state index in [0.29, 0.717) is 12.3 Å². The summed E-state index contributed by atoms with van der Waals surface area (Å²) in [6.07, 6.45) is 4.88. The summed E-state index contributed by atoms with van der Waals surface area (Å²) in [6.45, 7) is 0.848. The number of carbonyl (C=O) groups excluding carboxylic acids is 2. The Balaban J connectivity index is 1.79. The number of hydrogen-bond acceptors (Lipinski definition) is 6. The highest BCUT2D eigenvalue weighted by Gasteiger charge is 2.25. The number of methoxy groups -OCH3 is 1. The minimum atomic E-state index is -0.552. The van der Waals surface area contributed by atoms with Gasteiger partial charge in [0.15, 0.2) is 0 Å². The van der Waals surface area contributed by atoms with Crippen LogP contribution < -0.4 is 4.90 Å². The monoisotopic (exact) mass is 361 g/mol. The second kappa shape index (κ2) is 8.14. The summed E-state index contributed by atoms with van der Waals surface area (Å²) in [4.78, 5) is 25.9. The van der Waals surface area contributed by atoms with Crippen molar-refractivity contribution < 1.29 is 28.2 Å². The molecular weight excluding hydrogens is 341 g/mol. The highest BCUT2D eigenvalue weighted by atomic mass is 19.1. The van der Waals surface area contributed by atoms with Crippen molar-refractivity contribution in [2.45, 2.75) is 25.4 Å². The van der Waals surface area contributed by atoms with E-state index in [-0.39, 0.29) is 30.3 Å². The van der Waals surface area contributed by atoms with Crippen LogP contribution in [-0.2, 0) is 23.8 Å². The molecule has 2 aliphatic rings. The molecule has 1 aromatic rings. The molecule has 1 fully saturated rings. The van der Waals surface area contributed by atoms with Crippen LogP contribution in [0.4, 0.5) is 10.1 Å². The summed E-state index contributed by atoms with van der Waals surface area (Å²) in [5.74, 6) is -1.50. The third-order valence-electron chi connectivity index (χ3n) is 4.21. The fraction of sp³-hybridized carbons (Fsp3) is 0.368. The normalized spacial score (nSPS) is 19.6. The number of halogens is 1. The largest absolute Gasteiger partial charge is 0.466 e. The summed E-state index contributed by atoms with van der Waals surface area (Å²) in [6, 6.07) is 5.85. The third kappa shape index (κ3) is 4.29. The van der Waals surface area contributed by atoms with E-state index in [9.17, 15) is 14.0 Å². The van der Waals surface area contributed by atoms with E-state index >= 15 is 0 Å². The van der Waals surface area contributed by atoms with Crippen molar-refractivity contribution in [2.75, 3.05) is 25.2 Å². The van der Waals surface area contributed by atoms with Gasteiger partial charge in [-0.05, 0) is 31.0 Å². The van der Waals surface area contributed by atoms with E-state index < -0.39 is 17.8 Å². The van der Waals surface area contributed by atoms with Gasteiger partial charge < -0.3 is 19.1 Å². The summed E-state index contributed by atoms with van der Waals surface area (Å²) in [5.41, 5.74) is 1.05. The van der Waals surface area contributed by atoms with Crippen LogP contribution in [0.25, 0.3) is 0 Å². The van der Waals surface area contributed by atoms with Gasteiger partial charge in [0.1, 0.15) is 12.4 Å². The lowest BCUT2D eigenvalue weighted by atomic mass is 10.0. The Bertz CT molecular complexity index is 752. The van der Waals surface area contributed by atoms with E-state index in [2.05, 4.69) is 0 Å². The number of ether oxygens (including phenoxy) is 3. The van der Waals surface area contributed by atoms with Crippen LogP contribution in [0.3, 0.4) is 0 Å². The van der Waals surface area contributed by atoms with Crippen molar-refractivity contribution in [3.05, 3.63) is 53.6 Å². The van der Waals surface area contributed by atoms with Crippen LogP contribution in [0.15, 0.2) is 47.8 Å². The molecule has 0 radical (unpaired) electrons. The van der Waals surface area contributed by atoms with Crippen molar-refractivity contribution in [3.8, 4) is 0 Å². The molecule has 0 saturated carbocycles. The number of anilines is 1. The SMILES string of the molecule is COC(=O)C1=CN(c2cccc(F)c2)C=C(C(=O)OCC2CCCO2)C1. The Morgan fingerprint density at radius 2 is 2.04 bits per heavy atom. The number of esters is 2. The Kier molecular flexibility index (Phi) is 5.68. The maximum Gasteiger partial charge on any atom is 0.335 e. The van der Waals surface area contributed by atoms with Gasteiger partial charge in [0.25, 0.3) is 0 Å². The molecule has 0 N–H and O–H groups in total. The van der Waals surface area contributed by atoms with Gasteiger partial charge >= 0.3 is 11.9 Å². The Labute approximate surface area is 150 Å². The molecule has 2 aliphatic heterocycles. The highest BCUT2D eigenvalue weighted by Crippen LogP contribution is 2.27. The van der Waals surface area contributed by atoms with Crippen LogP contribution in [-0.4, -0.2) is 38.4 Å². The Morgan fingerprint density at radius 3 is 2.69 bits per heavy atom. The Hall–Kier alpha value is -2.67. The number of carbonyl (C=O) groups is 2. The minimum absolute atomic E-state index is 0.0851. The molecule has 1 aromatic carbocycles. The van der Waals surface area contributed by atoms with Crippen molar-refractivity contribution in [1.29, 1.82) is 0 Å². The molecule has 138 valence electrons. The molecule has 1 atom stereocenters. The third-order valence-corrected chi connectivity index (χ3v) is 4.21. The van der Waals surface area contributed by atoms with Gasteiger partial charge in [-0.3, -0.25) is 0 Å². The standard InChI is InChI=1S/C19H20FNO5/c1-24-18(22)13-8-14(19(23)26-12-17-6-3-7-25-17)11-21(10-13)16-5-2-4-15(20)9-16/h2,4-5,9-11,17H,3,6-8,12H2,1H3. The molecule has 0 aromatic heterocycles. The lowest BCUT2D eigenvalue weighted by Crippen LogP contribution is -2.25. The zero-order chi connectivity index (χ0) is 18.5. The van der Waals surface area contributed by atoms with Crippen LogP contribution in [0.2, 0.25) is 0 Å². The van der Waals surface area contributed by atoms with Gasteiger partial charge in [0.05, 0.1) is 24.4 Å². The second-order valence-corrected chi connectivity index (χ2v) is 6.10. The molecule has 6 nitrogen and oxygen atoms in total. The smallest absolute Gasteiger partial charge is 0.335 e. The van der Waals surface area contributed by atoms with Crippen LogP contribution in [0.5, 0.6) is 0 Å². The van der Waals surface area contributed by atoms with Crippen LogP contribution in [0.1, 0.15) is 19.3 Å². The molecule has 1 unspecified atom stereocenters. The topological polar surface area (TPSA) is 65.1 Å². The molecule has 7 heteroatoms. The predicted molar refractivity (Wildman–Crippen MR) is 91.6 cm³/mol. The lowest BCUT2D eigenvalue weighted by molar-refractivity contribution is -0.142. The van der Waals surface area contributed by atoms with Gasteiger partial charge in [-0.25, -0.2) is 14.0 Å². The summed E-state index contributed by atoms with van der Waals surface area (Å²) >= 11 is 0. The minimum Gasteiger partial charge on any atom is -0.466 e. The van der Waals surface area contributed by atoms with E-state index in [1.165, 1.54) is 30.3 Å². The number of hydrogen-bond donors (Lipinski definition) is 0. The summed E-state index contributed by atoms with van der Waals surface area (Å²) in [5, 5.41) is 0. The predicted octanol–water partition coefficient (Wildman–Crippen LogP) is 2.70. The van der Waals surface area contributed by atoms with E-state index in [0.717, 1.165) is 12.8 Å². The average molecular weight is 361 g/mol. The van der Waals surface area contributed by atoms with E-state index in [1.807, 2.05) is 0 Å². The molecule has 2 heterocycles. The first-order valence-corrected chi connectivity index (χ1v) is 8.39. The zero-order valence-corrected chi connectivity index (χ0v) is 14.4. The molecule has 0 spiro atoms.